The summed E-state index contributed by atoms with van der Waals surface area (Å²) in [5.74, 6) is -1.77. The van der Waals surface area contributed by atoms with Crippen LogP contribution in [0, 0.1) is 11.6 Å². The summed E-state index contributed by atoms with van der Waals surface area (Å²) < 4.78 is 55.4. The second-order valence-corrected chi connectivity index (χ2v) is 17.2. The van der Waals surface area contributed by atoms with Gasteiger partial charge in [-0.1, -0.05) is 12.1 Å². The first kappa shape index (κ1) is 65.6. The molecule has 0 bridgehead atoms. The van der Waals surface area contributed by atoms with Crippen molar-refractivity contribution in [1.82, 2.24) is 30.3 Å². The largest absolute Gasteiger partial charge is 1.00 e. The minimum atomic E-state index is -0.622. The van der Waals surface area contributed by atoms with E-state index in [-0.39, 0.29) is 158 Å². The van der Waals surface area contributed by atoms with E-state index in [1.54, 1.807) is 34.1 Å². The second kappa shape index (κ2) is 31.3. The molecule has 2 aromatic carbocycles. The van der Waals surface area contributed by atoms with Crippen molar-refractivity contribution < 1.29 is 122 Å². The summed E-state index contributed by atoms with van der Waals surface area (Å²) in [6.45, 7) is 18.4. The van der Waals surface area contributed by atoms with Gasteiger partial charge in [0.1, 0.15) is 29.5 Å². The van der Waals surface area contributed by atoms with Crippen molar-refractivity contribution in [3.05, 3.63) is 81.3 Å². The molecular formula is C45H59F2K2N8O15. The molecule has 0 spiro atoms. The Morgan fingerprint density at radius 3 is 1.50 bits per heavy atom. The number of carbonyl (C=O) groups excluding carboxylic acids is 6. The van der Waals surface area contributed by atoms with Crippen LogP contribution in [0.4, 0.5) is 29.7 Å². The monoisotopic (exact) mass is 1070 g/mol. The Hall–Kier alpha value is -4.43. The van der Waals surface area contributed by atoms with Crippen LogP contribution in [0.25, 0.3) is 22.3 Å². The summed E-state index contributed by atoms with van der Waals surface area (Å²) in [6.07, 6.45) is 2.09. The van der Waals surface area contributed by atoms with Gasteiger partial charge >= 0.3 is 80.8 Å². The number of halogens is 2. The molecule has 4 aromatic rings. The first-order valence-electron chi connectivity index (χ1n) is 21.6. The maximum atomic E-state index is 14.8. The van der Waals surface area contributed by atoms with E-state index in [1.807, 2.05) is 51.3 Å². The van der Waals surface area contributed by atoms with E-state index in [0.717, 1.165) is 0 Å². The molecule has 2 aliphatic rings. The number of benzene rings is 2. The van der Waals surface area contributed by atoms with Crippen LogP contribution in [0.5, 0.6) is 0 Å². The van der Waals surface area contributed by atoms with Crippen LogP contribution in [-0.4, -0.2) is 178 Å². The molecular weight excluding hydrogens is 1010 g/mol. The van der Waals surface area contributed by atoms with Crippen LogP contribution in [0.3, 0.4) is 0 Å². The molecule has 3 N–H and O–H groups in total. The minimum Gasteiger partial charge on any atom is -0.662 e. The van der Waals surface area contributed by atoms with E-state index in [4.69, 9.17) is 24.0 Å². The molecule has 27 heteroatoms. The first-order valence-corrected chi connectivity index (χ1v) is 21.6. The summed E-state index contributed by atoms with van der Waals surface area (Å²) >= 11 is 0. The fourth-order valence-electron chi connectivity index (χ4n) is 6.31. The van der Waals surface area contributed by atoms with Crippen LogP contribution in [0.1, 0.15) is 62.3 Å². The van der Waals surface area contributed by atoms with Gasteiger partial charge in [-0.2, -0.15) is 4.74 Å². The molecule has 0 unspecified atom stereocenters. The summed E-state index contributed by atoms with van der Waals surface area (Å²) in [4.78, 5) is 97.3. The Kier molecular flexibility index (Phi) is 28.5. The number of hydrogen-bond acceptors (Lipinski definition) is 17. The van der Waals surface area contributed by atoms with E-state index in [1.165, 1.54) is 50.0 Å². The van der Waals surface area contributed by atoms with Crippen LogP contribution in [-0.2, 0) is 44.9 Å². The van der Waals surface area contributed by atoms with Crippen LogP contribution >= 0.6 is 0 Å². The van der Waals surface area contributed by atoms with E-state index in [9.17, 15) is 42.3 Å². The molecule has 4 amide bonds. The van der Waals surface area contributed by atoms with Crippen molar-refractivity contribution in [1.29, 1.82) is 0 Å². The Morgan fingerprint density at radius 2 is 1.15 bits per heavy atom. The number of carbonyl (C=O) groups is 6. The van der Waals surface area contributed by atoms with Crippen molar-refractivity contribution >= 4 is 99.2 Å². The number of aromatic amines is 1. The van der Waals surface area contributed by atoms with E-state index < -0.39 is 40.1 Å². The summed E-state index contributed by atoms with van der Waals surface area (Å²) in [5, 5.41) is 15.6. The van der Waals surface area contributed by atoms with E-state index >= 15 is 0 Å². The molecule has 6 rings (SSSR count). The zero-order valence-electron chi connectivity index (χ0n) is 42.4. The van der Waals surface area contributed by atoms with E-state index in [0.29, 0.717) is 74.9 Å². The summed E-state index contributed by atoms with van der Waals surface area (Å²) in [6, 6.07) is 9.17. The van der Waals surface area contributed by atoms with Gasteiger partial charge < -0.3 is 63.6 Å². The molecule has 23 nitrogen and oxygen atoms in total. The number of nitrogens with zero attached hydrogens (tertiary/aromatic N) is 5. The van der Waals surface area contributed by atoms with Gasteiger partial charge in [-0.05, 0) is 76.9 Å². The molecule has 2 saturated heterocycles. The predicted octanol–water partition coefficient (Wildman–Crippen LogP) is -0.0698. The van der Waals surface area contributed by atoms with E-state index in [2.05, 4.69) is 29.9 Å². The smallest absolute Gasteiger partial charge is 0.662 e. The standard InChI is InChI=1S/C21H27FN4O5.C18H22FN3O4.C5H9NO3.CH2O3.2K/c1-14(27)23-13-26-12-16(19(28)31-26)15-5-6-18(17(22)11-15)24-7-9-25(10-8-24)20(29)30-21(2,3)4;1-18(2,3)25-17(24)22-8-6-21(7-9-22)15-5-4-12(10-14(15)19)13-11-20-26-16(13)23;1-4(7)6-3-9-5(2)8;2-1-4-3;;/h5-6,11-12H,7-10,13H2,1-4H3,(H,23,27);4-5,10-11,20H,6-9H2,1-3H3;3H2,1-2H3,(H,6,7);1,3H;;/q;;;;;+1/p-1. The number of amides is 4. The maximum absolute atomic E-state index is 14.8. The fourth-order valence-corrected chi connectivity index (χ4v) is 6.31. The van der Waals surface area contributed by atoms with Crippen molar-refractivity contribution in [2.24, 2.45) is 0 Å². The topological polar surface area (TPSA) is 281 Å². The van der Waals surface area contributed by atoms with Gasteiger partial charge in [0, 0.05) is 125 Å². The number of nitrogens with one attached hydrogen (secondary N) is 3. The molecule has 4 heterocycles. The van der Waals surface area contributed by atoms with Crippen molar-refractivity contribution in [3.63, 3.8) is 0 Å². The number of anilines is 2. The second-order valence-electron chi connectivity index (χ2n) is 17.2. The third-order valence-electron chi connectivity index (χ3n) is 9.45. The number of piperazine rings is 2. The van der Waals surface area contributed by atoms with Gasteiger partial charge in [-0.15, -0.1) is 0 Å². The molecule has 0 atom stereocenters. The zero-order valence-corrected chi connectivity index (χ0v) is 48.6. The van der Waals surface area contributed by atoms with Crippen LogP contribution in [0.15, 0.2) is 67.4 Å². The molecule has 385 valence electrons. The van der Waals surface area contributed by atoms with Crippen LogP contribution < -0.4 is 88.3 Å². The molecule has 2 aromatic heterocycles. The number of rotatable bonds is 9. The SMILES string of the molecule is CC(=O)NCOC(C)=O.CC(=O)NCn1cc(-c2ccc(N3CCN(C(=O)OC(C)(C)C)CC3)c(F)c2)c(=O)o1.CC(C)(C)OC(=O)N1CCN(c2ccc(-c3c[nH]oc3=O)cc2F)CC1.O=CO[O-].[K+].[K]. The third-order valence-corrected chi connectivity index (χ3v) is 9.45. The number of esters is 1. The summed E-state index contributed by atoms with van der Waals surface area (Å²) in [5.41, 5.74) is -0.113. The normalized spacial score (nSPS) is 13.1. The van der Waals surface area contributed by atoms with Gasteiger partial charge in [-0.25, -0.2) is 33.1 Å². The Labute approximate surface area is 498 Å². The average molecular weight is 1070 g/mol. The predicted molar refractivity (Wildman–Crippen MR) is 250 cm³/mol. The third kappa shape index (κ3) is 22.8. The zero-order chi connectivity index (χ0) is 52.3. The Morgan fingerprint density at radius 1 is 0.722 bits per heavy atom. The average Bonchev–Trinajstić information content (AvgIpc) is 3.89. The molecule has 2 aliphatic heterocycles. The molecule has 72 heavy (non-hydrogen) atoms. The van der Waals surface area contributed by atoms with Gasteiger partial charge in [0.05, 0.1) is 34.9 Å². The quantitative estimate of drug-likeness (QED) is 0.0376. The number of H-pyrrole nitrogens is 1. The number of ether oxygens (including phenoxy) is 3. The van der Waals surface area contributed by atoms with Gasteiger partial charge in [0.2, 0.25) is 11.8 Å². The Bertz CT molecular complexity index is 2510. The Balaban J connectivity index is 0.000000570. The fraction of sp³-hybridized carbons (Fsp3) is 0.467. The molecule has 0 saturated carbocycles. The van der Waals surface area contributed by atoms with Crippen LogP contribution in [0.2, 0.25) is 0 Å². The van der Waals surface area contributed by atoms with Crippen molar-refractivity contribution in [2.75, 3.05) is 68.9 Å². The first-order chi connectivity index (χ1) is 32.8. The molecule has 2 fully saturated rings. The number of aromatic nitrogens is 2. The molecule has 0 aliphatic carbocycles. The molecule has 1 radical (unpaired) electrons. The van der Waals surface area contributed by atoms with Gasteiger partial charge in [0.25, 0.3) is 6.47 Å². The maximum Gasteiger partial charge on any atom is 1.00 e. The number of hydrogen-bond donors (Lipinski definition) is 3. The minimum absolute atomic E-state index is 0. The van der Waals surface area contributed by atoms with Gasteiger partial charge in [-0.3, -0.25) is 19.2 Å². The van der Waals surface area contributed by atoms with Crippen molar-refractivity contribution in [2.45, 2.75) is 80.2 Å². The summed E-state index contributed by atoms with van der Waals surface area (Å²) in [7, 11) is 0. The van der Waals surface area contributed by atoms with Gasteiger partial charge in [0.15, 0.2) is 6.73 Å². The van der Waals surface area contributed by atoms with Crippen molar-refractivity contribution in [3.8, 4) is 22.3 Å².